The molecule has 0 unspecified atom stereocenters. The fourth-order valence-electron chi connectivity index (χ4n) is 6.36. The normalized spacial score (nSPS) is 52.5. The Labute approximate surface area is 144 Å². The van der Waals surface area contributed by atoms with Gasteiger partial charge in [-0.1, -0.05) is 18.6 Å². The van der Waals surface area contributed by atoms with E-state index in [9.17, 15) is 9.59 Å². The summed E-state index contributed by atoms with van der Waals surface area (Å²) >= 11 is 0. The third-order valence-corrected chi connectivity index (χ3v) is 7.78. The van der Waals surface area contributed by atoms with Crippen LogP contribution >= 0.6 is 0 Å². The van der Waals surface area contributed by atoms with Crippen molar-refractivity contribution in [1.82, 2.24) is 0 Å². The summed E-state index contributed by atoms with van der Waals surface area (Å²) in [5.74, 6) is 0.432. The second-order valence-corrected chi connectivity index (χ2v) is 8.99. The van der Waals surface area contributed by atoms with Gasteiger partial charge < -0.3 is 9.47 Å². The predicted octanol–water partition coefficient (Wildman–Crippen LogP) is 3.44. The van der Waals surface area contributed by atoms with Gasteiger partial charge in [0.25, 0.3) is 0 Å². The van der Waals surface area contributed by atoms with Crippen molar-refractivity contribution in [2.24, 2.45) is 22.7 Å². The number of carbonyl (C=O) groups is 2. The van der Waals surface area contributed by atoms with Gasteiger partial charge in [-0.15, -0.1) is 0 Å². The Balaban J connectivity index is 1.83. The molecule has 4 aliphatic rings. The van der Waals surface area contributed by atoms with Gasteiger partial charge >= 0.3 is 5.97 Å². The minimum atomic E-state index is -0.660. The van der Waals surface area contributed by atoms with E-state index in [2.05, 4.69) is 19.9 Å². The molecule has 24 heavy (non-hydrogen) atoms. The van der Waals surface area contributed by atoms with Gasteiger partial charge in [0.05, 0.1) is 11.5 Å². The molecule has 1 aliphatic heterocycles. The zero-order chi connectivity index (χ0) is 17.5. The quantitative estimate of drug-likeness (QED) is 0.419. The molecule has 4 rings (SSSR count). The van der Waals surface area contributed by atoms with Crippen LogP contribution in [0.4, 0.5) is 0 Å². The van der Waals surface area contributed by atoms with E-state index in [1.165, 1.54) is 12.5 Å². The highest BCUT2D eigenvalue weighted by atomic mass is 16.6. The summed E-state index contributed by atoms with van der Waals surface area (Å²) in [6.45, 7) is 9.93. The molecule has 1 saturated heterocycles. The van der Waals surface area contributed by atoms with Crippen molar-refractivity contribution in [2.45, 2.75) is 78.1 Å². The lowest BCUT2D eigenvalue weighted by atomic mass is 9.43. The predicted molar refractivity (Wildman–Crippen MR) is 89.3 cm³/mol. The first-order chi connectivity index (χ1) is 11.1. The molecule has 0 bridgehead atoms. The van der Waals surface area contributed by atoms with Crippen molar-refractivity contribution in [1.29, 1.82) is 0 Å². The van der Waals surface area contributed by atoms with E-state index in [4.69, 9.17) is 9.47 Å². The minimum Gasteiger partial charge on any atom is -0.461 e. The molecule has 1 heterocycles. The zero-order valence-corrected chi connectivity index (χ0v) is 15.3. The van der Waals surface area contributed by atoms with Crippen molar-refractivity contribution < 1.29 is 19.1 Å². The monoisotopic (exact) mass is 332 g/mol. The lowest BCUT2D eigenvalue weighted by Crippen LogP contribution is -2.65. The Hall–Kier alpha value is -1.16. The fraction of sp³-hybridized carbons (Fsp3) is 0.800. The van der Waals surface area contributed by atoms with Gasteiger partial charge in [0.1, 0.15) is 6.10 Å². The van der Waals surface area contributed by atoms with Crippen LogP contribution in [0.25, 0.3) is 0 Å². The van der Waals surface area contributed by atoms with E-state index in [1.807, 2.05) is 13.8 Å². The van der Waals surface area contributed by atoms with Crippen molar-refractivity contribution >= 4 is 11.8 Å². The molecule has 0 spiro atoms. The van der Waals surface area contributed by atoms with Crippen molar-refractivity contribution in [2.75, 3.05) is 0 Å². The summed E-state index contributed by atoms with van der Waals surface area (Å²) in [6, 6.07) is 0. The molecule has 7 atom stereocenters. The van der Waals surface area contributed by atoms with Crippen LogP contribution < -0.4 is 0 Å². The molecule has 0 N–H and O–H groups in total. The molecule has 3 fully saturated rings. The van der Waals surface area contributed by atoms with Crippen LogP contribution in [0.2, 0.25) is 0 Å². The van der Waals surface area contributed by atoms with E-state index >= 15 is 0 Å². The average molecular weight is 332 g/mol. The molecule has 0 aromatic carbocycles. The molecule has 4 heteroatoms. The van der Waals surface area contributed by atoms with Gasteiger partial charge in [-0.2, -0.15) is 0 Å². The molecule has 0 aromatic rings. The van der Waals surface area contributed by atoms with E-state index < -0.39 is 11.0 Å². The van der Waals surface area contributed by atoms with Gasteiger partial charge in [0.15, 0.2) is 11.4 Å². The first kappa shape index (κ1) is 16.3. The van der Waals surface area contributed by atoms with Crippen LogP contribution in [0.15, 0.2) is 11.6 Å². The van der Waals surface area contributed by atoms with E-state index in [-0.39, 0.29) is 35.3 Å². The second-order valence-electron chi connectivity index (χ2n) is 8.99. The van der Waals surface area contributed by atoms with Crippen LogP contribution in [-0.4, -0.2) is 29.6 Å². The summed E-state index contributed by atoms with van der Waals surface area (Å²) in [5.41, 5.74) is 0.163. The highest BCUT2D eigenvalue weighted by Crippen LogP contribution is 2.67. The maximum atomic E-state index is 13.4. The van der Waals surface area contributed by atoms with Crippen LogP contribution in [0.3, 0.4) is 0 Å². The number of Topliss-reactive ketones (excluding diaryl/α,β-unsaturated/α-hetero) is 1. The lowest BCUT2D eigenvalue weighted by molar-refractivity contribution is -0.189. The summed E-state index contributed by atoms with van der Waals surface area (Å²) in [4.78, 5) is 25.2. The fourth-order valence-corrected chi connectivity index (χ4v) is 6.36. The van der Waals surface area contributed by atoms with Gasteiger partial charge in [0.2, 0.25) is 0 Å². The van der Waals surface area contributed by atoms with E-state index in [0.717, 1.165) is 25.7 Å². The van der Waals surface area contributed by atoms with Gasteiger partial charge in [-0.25, -0.2) is 0 Å². The average Bonchev–Trinajstić information content (AvgIpc) is 3.16. The van der Waals surface area contributed by atoms with Crippen molar-refractivity contribution in [3.8, 4) is 0 Å². The van der Waals surface area contributed by atoms with Crippen LogP contribution in [0.1, 0.15) is 60.3 Å². The molecule has 132 valence electrons. The number of ketones is 1. The van der Waals surface area contributed by atoms with Crippen molar-refractivity contribution in [3.05, 3.63) is 11.6 Å². The number of fused-ring (bicyclic) bond motifs is 4. The summed E-state index contributed by atoms with van der Waals surface area (Å²) in [6.07, 6.45) is 5.83. The van der Waals surface area contributed by atoms with Crippen LogP contribution in [0.5, 0.6) is 0 Å². The molecular formula is C20H28O4. The molecule has 2 saturated carbocycles. The maximum Gasteiger partial charge on any atom is 0.302 e. The smallest absolute Gasteiger partial charge is 0.302 e. The molecule has 0 amide bonds. The number of rotatable bonds is 1. The molecule has 4 nitrogen and oxygen atoms in total. The number of allylic oxidation sites excluding steroid dienone is 2. The van der Waals surface area contributed by atoms with E-state index in [0.29, 0.717) is 5.92 Å². The molecule has 0 radical (unpaired) electrons. The summed E-state index contributed by atoms with van der Waals surface area (Å²) in [7, 11) is 0. The Bertz CT molecular complexity index is 652. The maximum absolute atomic E-state index is 13.4. The number of carbonyl (C=O) groups excluding carboxylic acids is 2. The van der Waals surface area contributed by atoms with Crippen LogP contribution in [-0.2, 0) is 19.1 Å². The lowest BCUT2D eigenvalue weighted by Gasteiger charge is -2.61. The Kier molecular flexibility index (Phi) is 3.21. The van der Waals surface area contributed by atoms with Crippen LogP contribution in [0, 0.1) is 22.7 Å². The Morgan fingerprint density at radius 2 is 2.00 bits per heavy atom. The minimum absolute atomic E-state index is 0.0443. The SMILES string of the molecule is CC(=O)O[C@@H]1C[C@H]2C(C)=CCC[C@]2(C)[C@H]2C[C@@H]3O[C@]3(C)C(=O)[C@@]21C. The first-order valence-corrected chi connectivity index (χ1v) is 9.20. The topological polar surface area (TPSA) is 55.9 Å². The number of hydrogen-bond acceptors (Lipinski definition) is 4. The molecular weight excluding hydrogens is 304 g/mol. The summed E-state index contributed by atoms with van der Waals surface area (Å²) < 4.78 is 11.6. The van der Waals surface area contributed by atoms with Gasteiger partial charge in [-0.05, 0) is 63.7 Å². The Morgan fingerprint density at radius 3 is 2.67 bits per heavy atom. The highest BCUT2D eigenvalue weighted by molar-refractivity contribution is 5.97. The summed E-state index contributed by atoms with van der Waals surface area (Å²) in [5, 5.41) is 0. The van der Waals surface area contributed by atoms with Crippen molar-refractivity contribution in [3.63, 3.8) is 0 Å². The third-order valence-electron chi connectivity index (χ3n) is 7.78. The Morgan fingerprint density at radius 1 is 1.29 bits per heavy atom. The number of ether oxygens (including phenoxy) is 2. The second kappa shape index (κ2) is 4.72. The zero-order valence-electron chi connectivity index (χ0n) is 15.3. The van der Waals surface area contributed by atoms with Gasteiger partial charge in [0, 0.05) is 6.92 Å². The molecule has 0 aromatic heterocycles. The van der Waals surface area contributed by atoms with E-state index in [1.54, 1.807) is 0 Å². The number of hydrogen-bond donors (Lipinski definition) is 0. The standard InChI is InChI=1S/C20H28O4/c1-11-7-6-8-18(3)13(11)9-15(23-12(2)21)19(4)14(18)10-16-20(5,24-16)17(19)22/h7,13-16H,6,8-10H2,1-5H3/t13-,14+,15+,16-,18-,19-,20-/m0/s1. The highest BCUT2D eigenvalue weighted by Gasteiger charge is 2.75. The largest absolute Gasteiger partial charge is 0.461 e. The molecule has 3 aliphatic carbocycles. The van der Waals surface area contributed by atoms with Gasteiger partial charge in [-0.3, -0.25) is 9.59 Å². The number of esters is 1. The third kappa shape index (κ3) is 1.84. The first-order valence-electron chi connectivity index (χ1n) is 9.20. The number of epoxide rings is 1.